The highest BCUT2D eigenvalue weighted by molar-refractivity contribution is 7.71. The SMILES string of the molecule is COCCCn1c(=S)[nH]c2cc(C(=O)Nc3ccc(Oc4cccc(F)c4)cc3)ccc2c1=O. The van der Waals surface area contributed by atoms with Gasteiger partial charge >= 0.3 is 0 Å². The molecule has 4 rings (SSSR count). The van der Waals surface area contributed by atoms with Gasteiger partial charge in [-0.25, -0.2) is 4.39 Å². The highest BCUT2D eigenvalue weighted by Gasteiger charge is 2.11. The number of aromatic nitrogens is 2. The van der Waals surface area contributed by atoms with Crippen LogP contribution in [0.1, 0.15) is 16.8 Å². The maximum absolute atomic E-state index is 13.3. The zero-order valence-electron chi connectivity index (χ0n) is 18.3. The minimum atomic E-state index is -0.387. The summed E-state index contributed by atoms with van der Waals surface area (Å²) in [5.41, 5.74) is 1.20. The van der Waals surface area contributed by atoms with Gasteiger partial charge in [-0.2, -0.15) is 0 Å². The highest BCUT2D eigenvalue weighted by atomic mass is 32.1. The van der Waals surface area contributed by atoms with Gasteiger partial charge in [0, 0.05) is 37.6 Å². The fraction of sp³-hybridized carbons (Fsp3) is 0.160. The standard InChI is InChI=1S/C25H22FN3O4S/c1-32-13-3-12-29-24(31)21-11-6-16(14-22(21)28-25(29)34)23(30)27-18-7-9-19(10-8-18)33-20-5-2-4-17(26)15-20/h2,4-11,14-15H,3,12-13H2,1H3,(H,27,30)(H,28,34). The van der Waals surface area contributed by atoms with Crippen LogP contribution < -0.4 is 15.6 Å². The summed E-state index contributed by atoms with van der Waals surface area (Å²) in [5, 5.41) is 3.25. The quantitative estimate of drug-likeness (QED) is 0.265. The molecular weight excluding hydrogens is 457 g/mol. The van der Waals surface area contributed by atoms with Crippen molar-refractivity contribution in [3.05, 3.63) is 93.2 Å². The number of aromatic amines is 1. The number of fused-ring (bicyclic) bond motifs is 1. The molecule has 174 valence electrons. The third kappa shape index (κ3) is 5.38. The van der Waals surface area contributed by atoms with Gasteiger partial charge in [-0.1, -0.05) is 6.07 Å². The van der Waals surface area contributed by atoms with E-state index in [9.17, 15) is 14.0 Å². The molecule has 0 aliphatic carbocycles. The van der Waals surface area contributed by atoms with Gasteiger partial charge in [0.15, 0.2) is 4.77 Å². The number of benzene rings is 3. The molecule has 0 saturated carbocycles. The third-order valence-corrected chi connectivity index (χ3v) is 5.44. The average Bonchev–Trinajstić information content (AvgIpc) is 2.82. The maximum Gasteiger partial charge on any atom is 0.262 e. The maximum atomic E-state index is 13.3. The first-order chi connectivity index (χ1) is 16.4. The van der Waals surface area contributed by atoms with E-state index in [0.717, 1.165) is 0 Å². The minimum absolute atomic E-state index is 0.212. The molecule has 0 aliphatic rings. The first-order valence-corrected chi connectivity index (χ1v) is 11.0. The van der Waals surface area contributed by atoms with Crippen molar-refractivity contribution in [1.29, 1.82) is 0 Å². The van der Waals surface area contributed by atoms with Crippen molar-refractivity contribution in [3.8, 4) is 11.5 Å². The van der Waals surface area contributed by atoms with E-state index in [1.807, 2.05) is 0 Å². The number of carbonyl (C=O) groups is 1. The predicted octanol–water partition coefficient (Wildman–Crippen LogP) is 5.28. The van der Waals surface area contributed by atoms with Crippen LogP contribution in [-0.2, 0) is 11.3 Å². The molecule has 0 radical (unpaired) electrons. The molecular formula is C25H22FN3O4S. The topological polar surface area (TPSA) is 85.3 Å². The van der Waals surface area contributed by atoms with E-state index in [1.165, 1.54) is 16.7 Å². The number of hydrogen-bond acceptors (Lipinski definition) is 5. The lowest BCUT2D eigenvalue weighted by Gasteiger charge is -2.10. The molecule has 2 N–H and O–H groups in total. The van der Waals surface area contributed by atoms with Gasteiger partial charge in [-0.05, 0) is 73.2 Å². The van der Waals surface area contributed by atoms with E-state index in [1.54, 1.807) is 61.7 Å². The Bertz CT molecular complexity index is 1450. The number of nitrogens with zero attached hydrogens (tertiary/aromatic N) is 1. The number of hydrogen-bond donors (Lipinski definition) is 2. The summed E-state index contributed by atoms with van der Waals surface area (Å²) in [4.78, 5) is 28.6. The fourth-order valence-corrected chi connectivity index (χ4v) is 3.73. The monoisotopic (exact) mass is 479 g/mol. The summed E-state index contributed by atoms with van der Waals surface area (Å²) in [6.45, 7) is 0.968. The van der Waals surface area contributed by atoms with Crippen LogP contribution in [0.5, 0.6) is 11.5 Å². The van der Waals surface area contributed by atoms with Crippen LogP contribution in [0.3, 0.4) is 0 Å². The van der Waals surface area contributed by atoms with Gasteiger partial charge in [-0.15, -0.1) is 0 Å². The van der Waals surface area contributed by atoms with Gasteiger partial charge in [0.25, 0.3) is 11.5 Å². The second kappa shape index (κ2) is 10.4. The molecule has 3 aromatic carbocycles. The number of rotatable bonds is 8. The number of halogens is 1. The minimum Gasteiger partial charge on any atom is -0.457 e. The number of anilines is 1. The lowest BCUT2D eigenvalue weighted by atomic mass is 10.1. The third-order valence-electron chi connectivity index (χ3n) is 5.12. The second-order valence-corrected chi connectivity index (χ2v) is 7.92. The Morgan fingerprint density at radius 2 is 1.88 bits per heavy atom. The van der Waals surface area contributed by atoms with Crippen molar-refractivity contribution in [2.45, 2.75) is 13.0 Å². The molecule has 0 spiro atoms. The molecule has 9 heteroatoms. The number of H-pyrrole nitrogens is 1. The molecule has 0 atom stereocenters. The molecule has 0 aliphatic heterocycles. The van der Waals surface area contributed by atoms with Crippen LogP contribution in [0.25, 0.3) is 10.9 Å². The molecule has 1 amide bonds. The van der Waals surface area contributed by atoms with Crippen molar-refractivity contribution in [2.75, 3.05) is 19.0 Å². The first kappa shape index (κ1) is 23.3. The molecule has 34 heavy (non-hydrogen) atoms. The van der Waals surface area contributed by atoms with E-state index in [2.05, 4.69) is 10.3 Å². The number of methoxy groups -OCH3 is 1. The summed E-state index contributed by atoms with van der Waals surface area (Å²) in [7, 11) is 1.60. The van der Waals surface area contributed by atoms with Crippen molar-refractivity contribution in [2.24, 2.45) is 0 Å². The van der Waals surface area contributed by atoms with Crippen LogP contribution in [0.4, 0.5) is 10.1 Å². The van der Waals surface area contributed by atoms with E-state index in [-0.39, 0.29) is 17.3 Å². The Labute approximate surface area is 199 Å². The van der Waals surface area contributed by atoms with Gasteiger partial charge in [-0.3, -0.25) is 14.2 Å². The van der Waals surface area contributed by atoms with Gasteiger partial charge in [0.1, 0.15) is 17.3 Å². The first-order valence-electron chi connectivity index (χ1n) is 10.6. The molecule has 0 saturated heterocycles. The Balaban J connectivity index is 1.48. The zero-order valence-corrected chi connectivity index (χ0v) is 19.2. The number of amides is 1. The van der Waals surface area contributed by atoms with E-state index >= 15 is 0 Å². The Morgan fingerprint density at radius 3 is 2.62 bits per heavy atom. The lowest BCUT2D eigenvalue weighted by molar-refractivity contribution is 0.102. The van der Waals surface area contributed by atoms with Gasteiger partial charge in [0.2, 0.25) is 0 Å². The van der Waals surface area contributed by atoms with Crippen molar-refractivity contribution < 1.29 is 18.7 Å². The lowest BCUT2D eigenvalue weighted by Crippen LogP contribution is -2.23. The van der Waals surface area contributed by atoms with Crippen LogP contribution in [0, 0.1) is 10.6 Å². The van der Waals surface area contributed by atoms with Crippen molar-refractivity contribution >= 4 is 34.7 Å². The Morgan fingerprint density at radius 1 is 1.09 bits per heavy atom. The second-order valence-electron chi connectivity index (χ2n) is 7.53. The number of carbonyl (C=O) groups excluding carboxylic acids is 1. The van der Waals surface area contributed by atoms with Gasteiger partial charge in [0.05, 0.1) is 10.9 Å². The summed E-state index contributed by atoms with van der Waals surface area (Å²) < 4.78 is 25.7. The van der Waals surface area contributed by atoms with E-state index in [4.69, 9.17) is 21.7 Å². The van der Waals surface area contributed by atoms with Crippen LogP contribution in [0.2, 0.25) is 0 Å². The average molecular weight is 480 g/mol. The molecule has 0 bridgehead atoms. The van der Waals surface area contributed by atoms with E-state index in [0.29, 0.717) is 58.0 Å². The Kier molecular flexibility index (Phi) is 7.15. The molecule has 0 unspecified atom stereocenters. The molecule has 7 nitrogen and oxygen atoms in total. The van der Waals surface area contributed by atoms with Crippen LogP contribution in [-0.4, -0.2) is 29.2 Å². The summed E-state index contributed by atoms with van der Waals surface area (Å²) in [5.74, 6) is 0.151. The largest absolute Gasteiger partial charge is 0.457 e. The van der Waals surface area contributed by atoms with Crippen molar-refractivity contribution in [3.63, 3.8) is 0 Å². The molecule has 1 heterocycles. The summed E-state index contributed by atoms with van der Waals surface area (Å²) >= 11 is 5.33. The smallest absolute Gasteiger partial charge is 0.262 e. The molecule has 0 fully saturated rings. The summed E-state index contributed by atoms with van der Waals surface area (Å²) in [6, 6.07) is 17.3. The normalized spacial score (nSPS) is 10.9. The highest BCUT2D eigenvalue weighted by Crippen LogP contribution is 2.24. The Hall–Kier alpha value is -3.82. The van der Waals surface area contributed by atoms with E-state index < -0.39 is 0 Å². The van der Waals surface area contributed by atoms with Crippen LogP contribution >= 0.6 is 12.2 Å². The zero-order chi connectivity index (χ0) is 24.1. The molecule has 1 aromatic heterocycles. The fourth-order valence-electron chi connectivity index (χ4n) is 3.44. The number of ether oxygens (including phenoxy) is 2. The molecule has 4 aromatic rings. The summed E-state index contributed by atoms with van der Waals surface area (Å²) in [6.07, 6.45) is 0.659. The van der Waals surface area contributed by atoms with Gasteiger partial charge < -0.3 is 19.8 Å². The van der Waals surface area contributed by atoms with Crippen LogP contribution in [0.15, 0.2) is 71.5 Å². The number of nitrogens with one attached hydrogen (secondary N) is 2. The van der Waals surface area contributed by atoms with Crippen molar-refractivity contribution in [1.82, 2.24) is 9.55 Å². The predicted molar refractivity (Wildman–Crippen MR) is 131 cm³/mol.